The van der Waals surface area contributed by atoms with Gasteiger partial charge < -0.3 is 34.9 Å². The van der Waals surface area contributed by atoms with E-state index in [2.05, 4.69) is 26.2 Å². The average molecular weight is 549 g/mol. The molecule has 2 fully saturated rings. The molecular weight excluding hydrogens is 520 g/mol. The summed E-state index contributed by atoms with van der Waals surface area (Å²) in [6.45, 7) is 8.80. The lowest BCUT2D eigenvalue weighted by atomic mass is 9.99. The standard InChI is InChI=1S/C23H29BrN6O5/c1-23(2,3)35-22(33)30-10-14(11-30)9-29-7-6-28(12-19(29)31)15-4-5-16(24)17(8-15)26-20(32)18-13-34-21(25)27-18/h4-5,8,13-14H,6-7,9-12H2,1-3H3,(H2,25,27)(H,26,32). The van der Waals surface area contributed by atoms with E-state index >= 15 is 0 Å². The van der Waals surface area contributed by atoms with Gasteiger partial charge in [0.2, 0.25) is 5.91 Å². The molecule has 188 valence electrons. The highest BCUT2D eigenvalue weighted by molar-refractivity contribution is 9.10. The van der Waals surface area contributed by atoms with E-state index in [-0.39, 0.29) is 36.2 Å². The lowest BCUT2D eigenvalue weighted by Gasteiger charge is -2.43. The van der Waals surface area contributed by atoms with Gasteiger partial charge in [0.1, 0.15) is 11.9 Å². The van der Waals surface area contributed by atoms with E-state index in [1.165, 1.54) is 6.26 Å². The number of amides is 3. The molecule has 3 amide bonds. The molecule has 0 radical (unpaired) electrons. The normalized spacial score (nSPS) is 16.8. The van der Waals surface area contributed by atoms with Gasteiger partial charge in [0, 0.05) is 48.8 Å². The number of piperazine rings is 1. The largest absolute Gasteiger partial charge is 0.444 e. The molecule has 35 heavy (non-hydrogen) atoms. The van der Waals surface area contributed by atoms with Crippen LogP contribution in [0.5, 0.6) is 0 Å². The maximum atomic E-state index is 12.8. The van der Waals surface area contributed by atoms with Gasteiger partial charge in [-0.15, -0.1) is 0 Å². The molecular formula is C23H29BrN6O5. The minimum Gasteiger partial charge on any atom is -0.444 e. The second kappa shape index (κ2) is 9.76. The van der Waals surface area contributed by atoms with E-state index in [4.69, 9.17) is 14.9 Å². The Balaban J connectivity index is 1.30. The summed E-state index contributed by atoms with van der Waals surface area (Å²) in [5.41, 5.74) is 6.35. The lowest BCUT2D eigenvalue weighted by Crippen LogP contribution is -2.58. The Labute approximate surface area is 211 Å². The third-order valence-corrected chi connectivity index (χ3v) is 6.42. The molecule has 0 bridgehead atoms. The number of hydrogen-bond donors (Lipinski definition) is 2. The Morgan fingerprint density at radius 3 is 2.66 bits per heavy atom. The summed E-state index contributed by atoms with van der Waals surface area (Å²) in [7, 11) is 0. The molecule has 12 heteroatoms. The van der Waals surface area contributed by atoms with Crippen LogP contribution >= 0.6 is 15.9 Å². The highest BCUT2D eigenvalue weighted by Crippen LogP contribution is 2.30. The maximum absolute atomic E-state index is 12.8. The third-order valence-electron chi connectivity index (χ3n) is 5.72. The Kier molecular flexibility index (Phi) is 6.93. The number of oxazole rings is 1. The maximum Gasteiger partial charge on any atom is 0.410 e. The van der Waals surface area contributed by atoms with Crippen molar-refractivity contribution in [2.75, 3.05) is 55.2 Å². The fraction of sp³-hybridized carbons (Fsp3) is 0.478. The van der Waals surface area contributed by atoms with Crippen molar-refractivity contribution in [2.45, 2.75) is 26.4 Å². The fourth-order valence-corrected chi connectivity index (χ4v) is 4.32. The summed E-state index contributed by atoms with van der Waals surface area (Å²) >= 11 is 3.44. The fourth-order valence-electron chi connectivity index (χ4n) is 3.98. The smallest absolute Gasteiger partial charge is 0.410 e. The SMILES string of the molecule is CC(C)(C)OC(=O)N1CC(CN2CCN(c3ccc(Br)c(NC(=O)c4coc(N)n4)c3)CC2=O)C1. The second-order valence-corrected chi connectivity index (χ2v) is 10.6. The zero-order chi connectivity index (χ0) is 25.3. The predicted molar refractivity (Wildman–Crippen MR) is 133 cm³/mol. The molecule has 2 saturated heterocycles. The molecule has 0 unspecified atom stereocenters. The molecule has 3 heterocycles. The van der Waals surface area contributed by atoms with Crippen LogP contribution in [0.4, 0.5) is 22.2 Å². The number of likely N-dealkylation sites (tertiary alicyclic amines) is 1. The zero-order valence-electron chi connectivity index (χ0n) is 19.9. The molecule has 4 rings (SSSR count). The number of hydrogen-bond acceptors (Lipinski definition) is 8. The van der Waals surface area contributed by atoms with Gasteiger partial charge in [0.25, 0.3) is 11.9 Å². The number of nitrogens with two attached hydrogens (primary N) is 1. The van der Waals surface area contributed by atoms with Crippen LogP contribution in [0.25, 0.3) is 0 Å². The predicted octanol–water partition coefficient (Wildman–Crippen LogP) is 2.79. The van der Waals surface area contributed by atoms with E-state index in [1.807, 2.05) is 42.7 Å². The van der Waals surface area contributed by atoms with Crippen LogP contribution in [0.1, 0.15) is 31.3 Å². The van der Waals surface area contributed by atoms with E-state index in [9.17, 15) is 14.4 Å². The molecule has 1 aromatic heterocycles. The number of aromatic nitrogens is 1. The molecule has 2 aliphatic rings. The summed E-state index contributed by atoms with van der Waals surface area (Å²) in [6, 6.07) is 5.43. The second-order valence-electron chi connectivity index (χ2n) is 9.70. The van der Waals surface area contributed by atoms with Gasteiger partial charge in [0.15, 0.2) is 5.69 Å². The van der Waals surface area contributed by atoms with Crippen molar-refractivity contribution in [2.24, 2.45) is 5.92 Å². The molecule has 0 spiro atoms. The molecule has 0 atom stereocenters. The van der Waals surface area contributed by atoms with Crippen molar-refractivity contribution in [3.8, 4) is 0 Å². The van der Waals surface area contributed by atoms with Crippen LogP contribution in [0, 0.1) is 5.92 Å². The average Bonchev–Trinajstić information content (AvgIpc) is 3.18. The number of nitrogen functional groups attached to an aromatic ring is 1. The van der Waals surface area contributed by atoms with E-state index in [0.717, 1.165) is 5.69 Å². The lowest BCUT2D eigenvalue weighted by molar-refractivity contribution is -0.132. The summed E-state index contributed by atoms with van der Waals surface area (Å²) < 4.78 is 11.0. The number of benzene rings is 1. The number of carbonyl (C=O) groups excluding carboxylic acids is 3. The summed E-state index contributed by atoms with van der Waals surface area (Å²) in [4.78, 5) is 46.7. The Hall–Kier alpha value is -3.28. The number of rotatable bonds is 5. The molecule has 1 aromatic carbocycles. The van der Waals surface area contributed by atoms with Crippen molar-refractivity contribution in [3.63, 3.8) is 0 Å². The van der Waals surface area contributed by atoms with E-state index in [0.29, 0.717) is 42.9 Å². The van der Waals surface area contributed by atoms with Crippen molar-refractivity contribution in [1.82, 2.24) is 14.8 Å². The van der Waals surface area contributed by atoms with E-state index in [1.54, 1.807) is 11.0 Å². The van der Waals surface area contributed by atoms with Gasteiger partial charge in [-0.3, -0.25) is 9.59 Å². The highest BCUT2D eigenvalue weighted by Gasteiger charge is 2.36. The van der Waals surface area contributed by atoms with Crippen LogP contribution in [0.15, 0.2) is 33.4 Å². The minimum absolute atomic E-state index is 0.0264. The third kappa shape index (κ3) is 6.05. The van der Waals surface area contributed by atoms with Crippen LogP contribution < -0.4 is 16.0 Å². The van der Waals surface area contributed by atoms with Crippen molar-refractivity contribution in [3.05, 3.63) is 34.6 Å². The van der Waals surface area contributed by atoms with Gasteiger partial charge in [-0.2, -0.15) is 4.98 Å². The van der Waals surface area contributed by atoms with Crippen molar-refractivity contribution in [1.29, 1.82) is 0 Å². The Morgan fingerprint density at radius 1 is 1.29 bits per heavy atom. The number of carbonyl (C=O) groups is 3. The molecule has 11 nitrogen and oxygen atoms in total. The molecule has 0 saturated carbocycles. The summed E-state index contributed by atoms with van der Waals surface area (Å²) in [5, 5.41) is 2.78. The van der Waals surface area contributed by atoms with Crippen LogP contribution in [0.3, 0.4) is 0 Å². The molecule has 2 aliphatic heterocycles. The zero-order valence-corrected chi connectivity index (χ0v) is 21.5. The summed E-state index contributed by atoms with van der Waals surface area (Å²) in [6.07, 6.45) is 0.879. The first-order chi connectivity index (χ1) is 16.5. The molecule has 0 aliphatic carbocycles. The number of nitrogens with one attached hydrogen (secondary N) is 1. The van der Waals surface area contributed by atoms with Crippen LogP contribution in [0.2, 0.25) is 0 Å². The molecule has 3 N–H and O–H groups in total. The van der Waals surface area contributed by atoms with Gasteiger partial charge in [0.05, 0.1) is 12.2 Å². The van der Waals surface area contributed by atoms with Crippen molar-refractivity contribution >= 4 is 51.2 Å². The quantitative estimate of drug-likeness (QED) is 0.582. The summed E-state index contributed by atoms with van der Waals surface area (Å²) in [5.74, 6) is -0.179. The number of anilines is 3. The van der Waals surface area contributed by atoms with Crippen LogP contribution in [-0.2, 0) is 9.53 Å². The van der Waals surface area contributed by atoms with Crippen LogP contribution in [-0.4, -0.2) is 77.6 Å². The van der Waals surface area contributed by atoms with E-state index < -0.39 is 11.5 Å². The monoisotopic (exact) mass is 548 g/mol. The van der Waals surface area contributed by atoms with Crippen molar-refractivity contribution < 1.29 is 23.5 Å². The van der Waals surface area contributed by atoms with Gasteiger partial charge in [-0.25, -0.2) is 4.79 Å². The first-order valence-electron chi connectivity index (χ1n) is 11.3. The first kappa shape index (κ1) is 24.8. The minimum atomic E-state index is -0.520. The number of ether oxygens (including phenoxy) is 1. The van der Waals surface area contributed by atoms with Gasteiger partial charge in [-0.05, 0) is 54.9 Å². The Morgan fingerprint density at radius 2 is 2.03 bits per heavy atom. The first-order valence-corrected chi connectivity index (χ1v) is 12.1. The topological polar surface area (TPSA) is 134 Å². The Bertz CT molecular complexity index is 1120. The van der Waals surface area contributed by atoms with Gasteiger partial charge in [-0.1, -0.05) is 0 Å². The molecule has 2 aromatic rings. The highest BCUT2D eigenvalue weighted by atomic mass is 79.9. The number of halogens is 1. The number of nitrogens with zero attached hydrogens (tertiary/aromatic N) is 4. The van der Waals surface area contributed by atoms with Gasteiger partial charge >= 0.3 is 6.09 Å².